The number of aliphatic hydroxyl groups excluding tert-OH is 1. The molecule has 0 heterocycles. The van der Waals surface area contributed by atoms with Crippen LogP contribution in [-0.4, -0.2) is 11.2 Å². The van der Waals surface area contributed by atoms with Gasteiger partial charge < -0.3 is 5.11 Å². The third-order valence-electron chi connectivity index (χ3n) is 0.942. The van der Waals surface area contributed by atoms with Gasteiger partial charge in [-0.2, -0.15) is 0 Å². The van der Waals surface area contributed by atoms with Crippen LogP contribution in [0.5, 0.6) is 0 Å². The number of hydrogen-bond donors (Lipinski definition) is 1. The molecule has 0 spiro atoms. The van der Waals surface area contributed by atoms with Crippen LogP contribution in [0.2, 0.25) is 0 Å². The third-order valence-corrected chi connectivity index (χ3v) is 0.942. The molecule has 0 aliphatic rings. The quantitative estimate of drug-likeness (QED) is 0.593. The summed E-state index contributed by atoms with van der Waals surface area (Å²) in [6.45, 7) is 3.96. The lowest BCUT2D eigenvalue weighted by Crippen LogP contribution is -1.99. The molecule has 0 amide bonds. The SMILES string of the molecule is C.C.CCC(O)CC. The molecule has 0 saturated carbocycles. The Morgan fingerprint density at radius 1 is 1.12 bits per heavy atom. The van der Waals surface area contributed by atoms with Crippen molar-refractivity contribution in [1.29, 1.82) is 0 Å². The van der Waals surface area contributed by atoms with Crippen molar-refractivity contribution >= 4 is 0 Å². The van der Waals surface area contributed by atoms with Crippen LogP contribution in [0.25, 0.3) is 0 Å². The van der Waals surface area contributed by atoms with E-state index in [1.807, 2.05) is 13.8 Å². The topological polar surface area (TPSA) is 20.2 Å². The van der Waals surface area contributed by atoms with Gasteiger partial charge in [-0.25, -0.2) is 0 Å². The first kappa shape index (κ1) is 15.7. The van der Waals surface area contributed by atoms with Crippen LogP contribution in [0.4, 0.5) is 0 Å². The molecule has 0 aromatic carbocycles. The van der Waals surface area contributed by atoms with E-state index in [2.05, 4.69) is 0 Å². The van der Waals surface area contributed by atoms with Gasteiger partial charge in [0.2, 0.25) is 0 Å². The van der Waals surface area contributed by atoms with E-state index in [0.717, 1.165) is 12.8 Å². The zero-order valence-electron chi connectivity index (χ0n) is 4.44. The summed E-state index contributed by atoms with van der Waals surface area (Å²) < 4.78 is 0. The van der Waals surface area contributed by atoms with E-state index in [4.69, 9.17) is 5.11 Å². The zero-order chi connectivity index (χ0) is 4.99. The first-order chi connectivity index (χ1) is 2.81. The van der Waals surface area contributed by atoms with Crippen molar-refractivity contribution in [2.45, 2.75) is 47.6 Å². The summed E-state index contributed by atoms with van der Waals surface area (Å²) in [5.74, 6) is 0. The number of hydrogen-bond acceptors (Lipinski definition) is 1. The maximum atomic E-state index is 8.67. The molecule has 0 rings (SSSR count). The number of rotatable bonds is 2. The lowest BCUT2D eigenvalue weighted by atomic mass is 10.2. The molecule has 54 valence electrons. The highest BCUT2D eigenvalue weighted by Gasteiger charge is 1.90. The normalized spacial score (nSPS) is 7.50. The molecular formula is C7H20O. The molecule has 0 atom stereocenters. The molecule has 0 aromatic rings. The number of aliphatic hydroxyl groups is 1. The van der Waals surface area contributed by atoms with Gasteiger partial charge >= 0.3 is 0 Å². The Kier molecular flexibility index (Phi) is 19.7. The monoisotopic (exact) mass is 120 g/mol. The smallest absolute Gasteiger partial charge is 0.0535 e. The minimum absolute atomic E-state index is 0. The van der Waals surface area contributed by atoms with Gasteiger partial charge in [-0.1, -0.05) is 28.7 Å². The van der Waals surface area contributed by atoms with Crippen molar-refractivity contribution < 1.29 is 5.11 Å². The Morgan fingerprint density at radius 3 is 1.38 bits per heavy atom. The fourth-order valence-corrected chi connectivity index (χ4v) is 0.289. The first-order valence-corrected chi connectivity index (χ1v) is 2.49. The minimum Gasteiger partial charge on any atom is -0.393 e. The fraction of sp³-hybridized carbons (Fsp3) is 1.00. The van der Waals surface area contributed by atoms with E-state index in [1.54, 1.807) is 0 Å². The molecule has 0 saturated heterocycles. The largest absolute Gasteiger partial charge is 0.393 e. The highest BCUT2D eigenvalue weighted by Crippen LogP contribution is 1.91. The van der Waals surface area contributed by atoms with Crippen molar-refractivity contribution in [3.63, 3.8) is 0 Å². The van der Waals surface area contributed by atoms with Gasteiger partial charge in [-0.3, -0.25) is 0 Å². The summed E-state index contributed by atoms with van der Waals surface area (Å²) in [6, 6.07) is 0. The van der Waals surface area contributed by atoms with Gasteiger partial charge in [0.15, 0.2) is 0 Å². The van der Waals surface area contributed by atoms with Crippen LogP contribution in [-0.2, 0) is 0 Å². The Morgan fingerprint density at radius 2 is 1.38 bits per heavy atom. The second-order valence-electron chi connectivity index (χ2n) is 1.47. The molecule has 0 bridgehead atoms. The predicted octanol–water partition coefficient (Wildman–Crippen LogP) is 2.44. The molecular weight excluding hydrogens is 100 g/mol. The van der Waals surface area contributed by atoms with E-state index < -0.39 is 0 Å². The highest BCUT2D eigenvalue weighted by molar-refractivity contribution is 4.43. The van der Waals surface area contributed by atoms with Gasteiger partial charge in [0, 0.05) is 0 Å². The summed E-state index contributed by atoms with van der Waals surface area (Å²) in [6.07, 6.45) is 1.71. The average molecular weight is 120 g/mol. The summed E-state index contributed by atoms with van der Waals surface area (Å²) in [5.41, 5.74) is 0. The van der Waals surface area contributed by atoms with Crippen LogP contribution >= 0.6 is 0 Å². The van der Waals surface area contributed by atoms with Gasteiger partial charge in [0.25, 0.3) is 0 Å². The Labute approximate surface area is 53.7 Å². The lowest BCUT2D eigenvalue weighted by Gasteiger charge is -1.98. The average Bonchev–Trinajstić information content (AvgIpc) is 1.65. The molecule has 8 heavy (non-hydrogen) atoms. The van der Waals surface area contributed by atoms with E-state index >= 15 is 0 Å². The maximum Gasteiger partial charge on any atom is 0.0535 e. The molecule has 1 N–H and O–H groups in total. The minimum atomic E-state index is -0.0648. The molecule has 0 unspecified atom stereocenters. The first-order valence-electron chi connectivity index (χ1n) is 2.49. The van der Waals surface area contributed by atoms with Crippen LogP contribution in [0, 0.1) is 0 Å². The molecule has 1 nitrogen and oxygen atoms in total. The summed E-state index contributed by atoms with van der Waals surface area (Å²) in [4.78, 5) is 0. The van der Waals surface area contributed by atoms with Gasteiger partial charge in [-0.05, 0) is 12.8 Å². The van der Waals surface area contributed by atoms with Gasteiger partial charge in [-0.15, -0.1) is 0 Å². The van der Waals surface area contributed by atoms with Crippen LogP contribution < -0.4 is 0 Å². The van der Waals surface area contributed by atoms with E-state index in [0.29, 0.717) is 0 Å². The molecule has 0 aromatic heterocycles. The molecule has 0 aliphatic carbocycles. The van der Waals surface area contributed by atoms with Gasteiger partial charge in [0.05, 0.1) is 6.10 Å². The molecule has 1 heteroatoms. The summed E-state index contributed by atoms with van der Waals surface area (Å²) in [5, 5.41) is 8.67. The van der Waals surface area contributed by atoms with Crippen LogP contribution in [0.15, 0.2) is 0 Å². The second-order valence-corrected chi connectivity index (χ2v) is 1.47. The van der Waals surface area contributed by atoms with E-state index in [1.165, 1.54) is 0 Å². The zero-order valence-corrected chi connectivity index (χ0v) is 4.44. The van der Waals surface area contributed by atoms with Crippen molar-refractivity contribution in [2.75, 3.05) is 0 Å². The summed E-state index contributed by atoms with van der Waals surface area (Å²) in [7, 11) is 0. The molecule has 0 radical (unpaired) electrons. The Bertz CT molecular complexity index is 23.6. The van der Waals surface area contributed by atoms with Crippen LogP contribution in [0.1, 0.15) is 41.5 Å². The summed E-state index contributed by atoms with van der Waals surface area (Å²) >= 11 is 0. The van der Waals surface area contributed by atoms with Crippen molar-refractivity contribution in [2.24, 2.45) is 0 Å². The predicted molar refractivity (Wildman–Crippen MR) is 40.1 cm³/mol. The fourth-order valence-electron chi connectivity index (χ4n) is 0.289. The standard InChI is InChI=1S/C5H12O.2CH4/c1-3-5(6)4-2;;/h5-6H,3-4H2,1-2H3;2*1H4. The Hall–Kier alpha value is -0.0400. The molecule has 0 fully saturated rings. The Balaban J connectivity index is -0.000000125. The highest BCUT2D eigenvalue weighted by atomic mass is 16.3. The second kappa shape index (κ2) is 10.0. The maximum absolute atomic E-state index is 8.67. The lowest BCUT2D eigenvalue weighted by molar-refractivity contribution is 0.166. The van der Waals surface area contributed by atoms with E-state index in [-0.39, 0.29) is 21.0 Å². The van der Waals surface area contributed by atoms with Crippen molar-refractivity contribution in [1.82, 2.24) is 0 Å². The van der Waals surface area contributed by atoms with Crippen molar-refractivity contribution in [3.05, 3.63) is 0 Å². The van der Waals surface area contributed by atoms with Gasteiger partial charge in [0.1, 0.15) is 0 Å². The van der Waals surface area contributed by atoms with Crippen molar-refractivity contribution in [3.8, 4) is 0 Å². The van der Waals surface area contributed by atoms with E-state index in [9.17, 15) is 0 Å². The van der Waals surface area contributed by atoms with Crippen LogP contribution in [0.3, 0.4) is 0 Å². The molecule has 0 aliphatic heterocycles. The third kappa shape index (κ3) is 9.35.